The summed E-state index contributed by atoms with van der Waals surface area (Å²) in [6.07, 6.45) is 1.42. The predicted molar refractivity (Wildman–Crippen MR) is 122 cm³/mol. The number of benzene rings is 2. The number of methoxy groups -OCH3 is 2. The zero-order chi connectivity index (χ0) is 22.9. The molecule has 3 rings (SSSR count). The topological polar surface area (TPSA) is 68.3 Å². The largest absolute Gasteiger partial charge is 0.497 e. The molecule has 1 fully saturated rings. The van der Waals surface area contributed by atoms with Crippen LogP contribution in [0.3, 0.4) is 0 Å². The quantitative estimate of drug-likeness (QED) is 0.600. The first kappa shape index (κ1) is 23.4. The molecule has 0 spiro atoms. The predicted octanol–water partition coefficient (Wildman–Crippen LogP) is 2.95. The Bertz CT molecular complexity index is 905. The Labute approximate surface area is 189 Å². The number of hydrogen-bond acceptors (Lipinski definition) is 5. The molecule has 0 N–H and O–H groups in total. The third-order valence-electron chi connectivity index (χ3n) is 5.65. The van der Waals surface area contributed by atoms with Gasteiger partial charge in [-0.15, -0.1) is 0 Å². The summed E-state index contributed by atoms with van der Waals surface area (Å²) in [5.41, 5.74) is 1.99. The van der Waals surface area contributed by atoms with E-state index in [-0.39, 0.29) is 11.8 Å². The van der Waals surface area contributed by atoms with Gasteiger partial charge in [0.25, 0.3) is 0 Å². The van der Waals surface area contributed by atoms with Crippen LogP contribution >= 0.6 is 0 Å². The summed E-state index contributed by atoms with van der Waals surface area (Å²) in [5.74, 6) is 2.36. The molecular weight excluding hydrogens is 408 g/mol. The molecule has 7 nitrogen and oxygen atoms in total. The fourth-order valence-electron chi connectivity index (χ4n) is 3.79. The van der Waals surface area contributed by atoms with Crippen LogP contribution in [0.2, 0.25) is 0 Å². The van der Waals surface area contributed by atoms with Crippen molar-refractivity contribution in [2.24, 2.45) is 0 Å². The number of piperazine rings is 1. The first-order valence-corrected chi connectivity index (χ1v) is 11.0. The van der Waals surface area contributed by atoms with Crippen molar-refractivity contribution in [2.45, 2.75) is 26.2 Å². The highest BCUT2D eigenvalue weighted by Gasteiger charge is 2.24. The summed E-state index contributed by atoms with van der Waals surface area (Å²) >= 11 is 0. The fourth-order valence-corrected chi connectivity index (χ4v) is 3.79. The van der Waals surface area contributed by atoms with Gasteiger partial charge in [-0.3, -0.25) is 9.59 Å². The van der Waals surface area contributed by atoms with E-state index in [1.54, 1.807) is 14.2 Å². The lowest BCUT2D eigenvalue weighted by Crippen LogP contribution is -2.51. The maximum absolute atomic E-state index is 12.7. The Kier molecular flexibility index (Phi) is 8.36. The number of carbonyl (C=O) groups excluding carboxylic acids is 2. The van der Waals surface area contributed by atoms with E-state index >= 15 is 0 Å². The Balaban J connectivity index is 1.45. The lowest BCUT2D eigenvalue weighted by atomic mass is 10.1. The summed E-state index contributed by atoms with van der Waals surface area (Å²) in [5, 5.41) is 0. The number of nitrogens with zero attached hydrogens (tertiary/aromatic N) is 2. The smallest absolute Gasteiger partial charge is 0.227 e. The molecule has 0 aliphatic carbocycles. The Morgan fingerprint density at radius 1 is 0.812 bits per heavy atom. The second-order valence-electron chi connectivity index (χ2n) is 7.70. The van der Waals surface area contributed by atoms with Crippen molar-refractivity contribution in [3.8, 4) is 17.2 Å². The first-order valence-electron chi connectivity index (χ1n) is 11.0. The van der Waals surface area contributed by atoms with Crippen molar-refractivity contribution in [2.75, 3.05) is 47.0 Å². The molecule has 0 radical (unpaired) electrons. The SMILES string of the molecule is CCOc1ccc(CCC(=O)N2CCN(C(=O)Cc3ccc(OC)cc3)CC2)cc1OC. The molecule has 1 aliphatic rings. The summed E-state index contributed by atoms with van der Waals surface area (Å²) < 4.78 is 16.1. The molecule has 1 saturated heterocycles. The zero-order valence-electron chi connectivity index (χ0n) is 19.1. The minimum absolute atomic E-state index is 0.0868. The Morgan fingerprint density at radius 3 is 2.03 bits per heavy atom. The highest BCUT2D eigenvalue weighted by atomic mass is 16.5. The number of amides is 2. The minimum Gasteiger partial charge on any atom is -0.497 e. The van der Waals surface area contributed by atoms with Gasteiger partial charge in [0.15, 0.2) is 11.5 Å². The van der Waals surface area contributed by atoms with Gasteiger partial charge in [0.05, 0.1) is 27.2 Å². The number of carbonyl (C=O) groups is 2. The standard InChI is InChI=1S/C25H32N2O5/c1-4-32-22-11-7-19(17-23(22)31-3)8-12-24(28)26-13-15-27(16-14-26)25(29)18-20-5-9-21(30-2)10-6-20/h5-7,9-11,17H,4,8,12-16,18H2,1-3H3. The van der Waals surface area contributed by atoms with Crippen molar-refractivity contribution in [1.29, 1.82) is 0 Å². The van der Waals surface area contributed by atoms with E-state index in [0.29, 0.717) is 63.5 Å². The van der Waals surface area contributed by atoms with E-state index in [4.69, 9.17) is 14.2 Å². The van der Waals surface area contributed by atoms with Crippen molar-refractivity contribution in [3.05, 3.63) is 53.6 Å². The molecule has 0 unspecified atom stereocenters. The van der Waals surface area contributed by atoms with Crippen molar-refractivity contribution in [1.82, 2.24) is 9.80 Å². The van der Waals surface area contributed by atoms with Gasteiger partial charge >= 0.3 is 0 Å². The molecule has 1 aliphatic heterocycles. The van der Waals surface area contributed by atoms with Gasteiger partial charge in [-0.2, -0.15) is 0 Å². The molecule has 172 valence electrons. The van der Waals surface area contributed by atoms with Crippen LogP contribution in [0.5, 0.6) is 17.2 Å². The molecule has 0 aromatic heterocycles. The fraction of sp³-hybridized carbons (Fsp3) is 0.440. The van der Waals surface area contributed by atoms with E-state index in [0.717, 1.165) is 16.9 Å². The van der Waals surface area contributed by atoms with Crippen LogP contribution < -0.4 is 14.2 Å². The van der Waals surface area contributed by atoms with Gasteiger partial charge in [0.2, 0.25) is 11.8 Å². The van der Waals surface area contributed by atoms with Gasteiger partial charge in [-0.1, -0.05) is 18.2 Å². The van der Waals surface area contributed by atoms with Crippen LogP contribution in [0.25, 0.3) is 0 Å². The molecule has 7 heteroatoms. The normalized spacial score (nSPS) is 13.6. The number of ether oxygens (including phenoxy) is 3. The second-order valence-corrected chi connectivity index (χ2v) is 7.70. The summed E-state index contributed by atoms with van der Waals surface area (Å²) in [6.45, 7) is 4.77. The average molecular weight is 441 g/mol. The molecule has 32 heavy (non-hydrogen) atoms. The van der Waals surface area contributed by atoms with Crippen molar-refractivity contribution < 1.29 is 23.8 Å². The average Bonchev–Trinajstić information content (AvgIpc) is 2.83. The Morgan fingerprint density at radius 2 is 1.44 bits per heavy atom. The van der Waals surface area contributed by atoms with Gasteiger partial charge in [-0.05, 0) is 48.7 Å². The lowest BCUT2D eigenvalue weighted by Gasteiger charge is -2.35. The van der Waals surface area contributed by atoms with Crippen LogP contribution in [0, 0.1) is 0 Å². The molecule has 0 atom stereocenters. The third kappa shape index (κ3) is 6.15. The molecule has 2 aromatic carbocycles. The molecule has 1 heterocycles. The van der Waals surface area contributed by atoms with Gasteiger partial charge in [0, 0.05) is 32.6 Å². The van der Waals surface area contributed by atoms with Crippen LogP contribution in [0.1, 0.15) is 24.5 Å². The van der Waals surface area contributed by atoms with Gasteiger partial charge in [0.1, 0.15) is 5.75 Å². The monoisotopic (exact) mass is 440 g/mol. The van der Waals surface area contributed by atoms with Crippen LogP contribution in [0.4, 0.5) is 0 Å². The number of aryl methyl sites for hydroxylation is 1. The summed E-state index contributed by atoms with van der Waals surface area (Å²) in [7, 11) is 3.23. The maximum Gasteiger partial charge on any atom is 0.227 e. The van der Waals surface area contributed by atoms with E-state index in [9.17, 15) is 9.59 Å². The Hall–Kier alpha value is -3.22. The number of hydrogen-bond donors (Lipinski definition) is 0. The summed E-state index contributed by atoms with van der Waals surface area (Å²) in [4.78, 5) is 29.0. The first-order chi connectivity index (χ1) is 15.5. The van der Waals surface area contributed by atoms with Gasteiger partial charge < -0.3 is 24.0 Å². The molecule has 0 bridgehead atoms. The highest BCUT2D eigenvalue weighted by Crippen LogP contribution is 2.28. The van der Waals surface area contributed by atoms with Gasteiger partial charge in [-0.25, -0.2) is 0 Å². The number of rotatable bonds is 9. The van der Waals surface area contributed by atoms with Crippen molar-refractivity contribution in [3.63, 3.8) is 0 Å². The molecular formula is C25H32N2O5. The van der Waals surface area contributed by atoms with Crippen LogP contribution in [-0.4, -0.2) is 68.6 Å². The molecule has 2 aromatic rings. The zero-order valence-corrected chi connectivity index (χ0v) is 19.1. The van der Waals surface area contributed by atoms with Crippen LogP contribution in [0.15, 0.2) is 42.5 Å². The third-order valence-corrected chi connectivity index (χ3v) is 5.65. The molecule has 0 saturated carbocycles. The van der Waals surface area contributed by atoms with Crippen LogP contribution in [-0.2, 0) is 22.4 Å². The van der Waals surface area contributed by atoms with E-state index in [1.807, 2.05) is 59.2 Å². The molecule has 2 amide bonds. The van der Waals surface area contributed by atoms with E-state index in [1.165, 1.54) is 0 Å². The van der Waals surface area contributed by atoms with Crippen molar-refractivity contribution >= 4 is 11.8 Å². The maximum atomic E-state index is 12.7. The second kappa shape index (κ2) is 11.4. The highest BCUT2D eigenvalue weighted by molar-refractivity contribution is 5.80. The minimum atomic E-state index is 0.0868. The van der Waals surface area contributed by atoms with E-state index in [2.05, 4.69) is 0 Å². The lowest BCUT2D eigenvalue weighted by molar-refractivity contribution is -0.139. The summed E-state index contributed by atoms with van der Waals surface area (Å²) in [6, 6.07) is 13.3. The van der Waals surface area contributed by atoms with E-state index < -0.39 is 0 Å².